The van der Waals surface area contributed by atoms with Crippen molar-refractivity contribution in [3.8, 4) is 5.75 Å². The third kappa shape index (κ3) is 3.81. The highest BCUT2D eigenvalue weighted by Crippen LogP contribution is 2.27. The third-order valence-corrected chi connectivity index (χ3v) is 3.81. The van der Waals surface area contributed by atoms with E-state index in [9.17, 15) is 4.39 Å². The van der Waals surface area contributed by atoms with Crippen LogP contribution in [0.4, 0.5) is 4.39 Å². The Morgan fingerprint density at radius 3 is 2.71 bits per heavy atom. The van der Waals surface area contributed by atoms with E-state index in [1.165, 1.54) is 7.11 Å². The fourth-order valence-corrected chi connectivity index (χ4v) is 2.96. The van der Waals surface area contributed by atoms with Crippen LogP contribution < -0.4 is 16.0 Å². The Labute approximate surface area is 132 Å². The molecule has 1 atom stereocenters. The SMILES string of the molecule is COc1cccc(CC(NN)c2cc(C)cc(Br)c2)c1F. The minimum absolute atomic E-state index is 0.178. The van der Waals surface area contributed by atoms with Gasteiger partial charge in [0.1, 0.15) is 0 Å². The Morgan fingerprint density at radius 2 is 2.10 bits per heavy atom. The molecule has 1 unspecified atom stereocenters. The lowest BCUT2D eigenvalue weighted by molar-refractivity contribution is 0.382. The van der Waals surface area contributed by atoms with Crippen LogP contribution in [0.5, 0.6) is 5.75 Å². The van der Waals surface area contributed by atoms with Crippen LogP contribution in [0.3, 0.4) is 0 Å². The minimum Gasteiger partial charge on any atom is -0.494 e. The molecule has 0 aromatic heterocycles. The number of benzene rings is 2. The Morgan fingerprint density at radius 1 is 1.33 bits per heavy atom. The molecule has 0 aliphatic heterocycles. The number of ether oxygens (including phenoxy) is 1. The maximum atomic E-state index is 14.2. The van der Waals surface area contributed by atoms with Crippen molar-refractivity contribution >= 4 is 15.9 Å². The van der Waals surface area contributed by atoms with Crippen molar-refractivity contribution in [3.05, 3.63) is 63.4 Å². The summed E-state index contributed by atoms with van der Waals surface area (Å²) in [4.78, 5) is 0. The molecule has 0 heterocycles. The second kappa shape index (κ2) is 7.02. The molecule has 0 aliphatic rings. The number of nitrogens with one attached hydrogen (secondary N) is 1. The van der Waals surface area contributed by atoms with E-state index in [2.05, 4.69) is 21.4 Å². The smallest absolute Gasteiger partial charge is 0.168 e. The van der Waals surface area contributed by atoms with Gasteiger partial charge in [0.25, 0.3) is 0 Å². The second-order valence-corrected chi connectivity index (χ2v) is 5.83. The van der Waals surface area contributed by atoms with Crippen LogP contribution in [0.25, 0.3) is 0 Å². The molecule has 0 bridgehead atoms. The van der Waals surface area contributed by atoms with E-state index in [0.29, 0.717) is 12.0 Å². The molecule has 5 heteroatoms. The number of halogens is 2. The summed E-state index contributed by atoms with van der Waals surface area (Å²) in [5.41, 5.74) is 5.44. The van der Waals surface area contributed by atoms with Crippen molar-refractivity contribution in [1.82, 2.24) is 5.43 Å². The highest BCUT2D eigenvalue weighted by molar-refractivity contribution is 9.10. The average molecular weight is 353 g/mol. The van der Waals surface area contributed by atoms with Gasteiger partial charge < -0.3 is 4.74 Å². The zero-order chi connectivity index (χ0) is 15.4. The molecule has 0 amide bonds. The standard InChI is InChI=1S/C16H18BrFN2O/c1-10-6-12(8-13(17)7-10)14(20-19)9-11-4-3-5-15(21-2)16(11)18/h3-8,14,20H,9,19H2,1-2H3. The van der Waals surface area contributed by atoms with Gasteiger partial charge in [-0.15, -0.1) is 0 Å². The fourth-order valence-electron chi connectivity index (χ4n) is 2.33. The van der Waals surface area contributed by atoms with Crippen LogP contribution in [-0.4, -0.2) is 7.11 Å². The predicted molar refractivity (Wildman–Crippen MR) is 85.6 cm³/mol. The molecule has 21 heavy (non-hydrogen) atoms. The monoisotopic (exact) mass is 352 g/mol. The number of hydrogen-bond acceptors (Lipinski definition) is 3. The third-order valence-electron chi connectivity index (χ3n) is 3.36. The molecule has 2 aromatic rings. The molecule has 2 aromatic carbocycles. The van der Waals surface area contributed by atoms with Crippen molar-refractivity contribution in [1.29, 1.82) is 0 Å². The van der Waals surface area contributed by atoms with Gasteiger partial charge in [0.15, 0.2) is 11.6 Å². The quantitative estimate of drug-likeness (QED) is 0.637. The van der Waals surface area contributed by atoms with Gasteiger partial charge >= 0.3 is 0 Å². The van der Waals surface area contributed by atoms with Crippen molar-refractivity contribution in [2.24, 2.45) is 5.84 Å². The van der Waals surface area contributed by atoms with Crippen LogP contribution in [0.15, 0.2) is 40.9 Å². The van der Waals surface area contributed by atoms with Gasteiger partial charge in [-0.05, 0) is 48.2 Å². The summed E-state index contributed by atoms with van der Waals surface area (Å²) in [6, 6.07) is 11.0. The number of nitrogens with two attached hydrogens (primary N) is 1. The molecular formula is C16H18BrFN2O. The van der Waals surface area contributed by atoms with Gasteiger partial charge in [0, 0.05) is 4.47 Å². The van der Waals surface area contributed by atoms with Crippen LogP contribution in [0, 0.1) is 12.7 Å². The van der Waals surface area contributed by atoms with E-state index in [4.69, 9.17) is 10.6 Å². The molecule has 112 valence electrons. The Hall–Kier alpha value is -1.43. The molecule has 0 spiro atoms. The van der Waals surface area contributed by atoms with Crippen LogP contribution >= 0.6 is 15.9 Å². The van der Waals surface area contributed by atoms with Crippen LogP contribution in [-0.2, 0) is 6.42 Å². The van der Waals surface area contributed by atoms with E-state index in [-0.39, 0.29) is 17.6 Å². The molecule has 3 nitrogen and oxygen atoms in total. The predicted octanol–water partition coefficient (Wildman–Crippen LogP) is 3.65. The van der Waals surface area contributed by atoms with Gasteiger partial charge in [-0.3, -0.25) is 11.3 Å². The van der Waals surface area contributed by atoms with E-state index < -0.39 is 0 Å². The van der Waals surface area contributed by atoms with Crippen LogP contribution in [0.1, 0.15) is 22.7 Å². The topological polar surface area (TPSA) is 47.3 Å². The van der Waals surface area contributed by atoms with Crippen LogP contribution in [0.2, 0.25) is 0 Å². The summed E-state index contributed by atoms with van der Waals surface area (Å²) in [6.07, 6.45) is 0.440. The number of rotatable bonds is 5. The first-order valence-corrected chi connectivity index (χ1v) is 7.39. The summed E-state index contributed by atoms with van der Waals surface area (Å²) >= 11 is 3.47. The highest BCUT2D eigenvalue weighted by atomic mass is 79.9. The lowest BCUT2D eigenvalue weighted by Gasteiger charge is -2.18. The number of methoxy groups -OCH3 is 1. The van der Waals surface area contributed by atoms with Crippen molar-refractivity contribution in [3.63, 3.8) is 0 Å². The largest absolute Gasteiger partial charge is 0.494 e. The van der Waals surface area contributed by atoms with E-state index in [1.54, 1.807) is 18.2 Å². The molecule has 0 fully saturated rings. The first kappa shape index (κ1) is 15.9. The molecular weight excluding hydrogens is 335 g/mol. The molecule has 0 radical (unpaired) electrons. The molecule has 0 saturated carbocycles. The Balaban J connectivity index is 2.31. The molecule has 2 rings (SSSR count). The minimum atomic E-state index is -0.341. The lowest BCUT2D eigenvalue weighted by Crippen LogP contribution is -2.30. The second-order valence-electron chi connectivity index (χ2n) is 4.92. The van der Waals surface area contributed by atoms with Gasteiger partial charge in [0.05, 0.1) is 13.2 Å². The lowest BCUT2D eigenvalue weighted by atomic mass is 9.97. The number of hydrogen-bond donors (Lipinski definition) is 2. The summed E-state index contributed by atoms with van der Waals surface area (Å²) in [5.74, 6) is 5.56. The maximum absolute atomic E-state index is 14.2. The summed E-state index contributed by atoms with van der Waals surface area (Å²) < 4.78 is 20.2. The summed E-state index contributed by atoms with van der Waals surface area (Å²) in [7, 11) is 1.46. The summed E-state index contributed by atoms with van der Waals surface area (Å²) in [5, 5.41) is 0. The van der Waals surface area contributed by atoms with Crippen molar-refractivity contribution < 1.29 is 9.13 Å². The molecule has 3 N–H and O–H groups in total. The van der Waals surface area contributed by atoms with E-state index >= 15 is 0 Å². The first-order valence-electron chi connectivity index (χ1n) is 6.59. The first-order chi connectivity index (χ1) is 10.0. The Kier molecular flexibility index (Phi) is 5.33. The van der Waals surface area contributed by atoms with Gasteiger partial charge in [-0.1, -0.05) is 34.1 Å². The van der Waals surface area contributed by atoms with Gasteiger partial charge in [-0.25, -0.2) is 4.39 Å². The molecule has 0 aliphatic carbocycles. The fraction of sp³-hybridized carbons (Fsp3) is 0.250. The number of hydrazine groups is 1. The van der Waals surface area contributed by atoms with Crippen molar-refractivity contribution in [2.75, 3.05) is 7.11 Å². The maximum Gasteiger partial charge on any atom is 0.168 e. The molecule has 0 saturated heterocycles. The van der Waals surface area contributed by atoms with Crippen molar-refractivity contribution in [2.45, 2.75) is 19.4 Å². The zero-order valence-corrected chi connectivity index (χ0v) is 13.6. The summed E-state index contributed by atoms with van der Waals surface area (Å²) in [6.45, 7) is 2.01. The highest BCUT2D eigenvalue weighted by Gasteiger charge is 2.16. The average Bonchev–Trinajstić information content (AvgIpc) is 2.45. The van der Waals surface area contributed by atoms with E-state index in [1.807, 2.05) is 25.1 Å². The normalized spacial score (nSPS) is 12.2. The Bertz CT molecular complexity index is 613. The zero-order valence-electron chi connectivity index (χ0n) is 12.0. The van der Waals surface area contributed by atoms with E-state index in [0.717, 1.165) is 15.6 Å². The van der Waals surface area contributed by atoms with Gasteiger partial charge in [-0.2, -0.15) is 0 Å². The number of aryl methyl sites for hydroxylation is 1. The van der Waals surface area contributed by atoms with Gasteiger partial charge in [0.2, 0.25) is 0 Å².